The van der Waals surface area contributed by atoms with Crippen molar-refractivity contribution in [3.8, 4) is 0 Å². The van der Waals surface area contributed by atoms with Gasteiger partial charge in [-0.15, -0.1) is 0 Å². The first-order valence-electron chi connectivity index (χ1n) is 6.86. The number of hydrogen-bond donors (Lipinski definition) is 1. The lowest BCUT2D eigenvalue weighted by Crippen LogP contribution is -2.30. The third-order valence-electron chi connectivity index (χ3n) is 3.49. The molecule has 0 spiro atoms. The molecule has 1 heterocycles. The maximum Gasteiger partial charge on any atom is 0.292 e. The fourth-order valence-electron chi connectivity index (χ4n) is 2.62. The summed E-state index contributed by atoms with van der Waals surface area (Å²) in [4.78, 5) is 13.1. The van der Waals surface area contributed by atoms with E-state index in [4.69, 9.17) is 5.73 Å². The highest BCUT2D eigenvalue weighted by Gasteiger charge is 2.21. The van der Waals surface area contributed by atoms with Gasteiger partial charge in [-0.3, -0.25) is 10.1 Å². The Morgan fingerprint density at radius 1 is 1.37 bits per heavy atom. The molecular formula is C14H21N3O2. The molecule has 0 bridgehead atoms. The summed E-state index contributed by atoms with van der Waals surface area (Å²) in [6.45, 7) is 3.73. The minimum absolute atomic E-state index is 0.0143. The highest BCUT2D eigenvalue weighted by molar-refractivity contribution is 5.64. The average Bonchev–Trinajstić information content (AvgIpc) is 2.39. The molecule has 5 nitrogen and oxygen atoms in total. The first-order valence-corrected chi connectivity index (χ1v) is 6.86. The molecule has 1 saturated heterocycles. The van der Waals surface area contributed by atoms with E-state index in [1.807, 2.05) is 19.1 Å². The number of nitrogens with two attached hydrogens (primary N) is 1. The van der Waals surface area contributed by atoms with Gasteiger partial charge in [0.2, 0.25) is 0 Å². The smallest absolute Gasteiger partial charge is 0.292 e. The summed E-state index contributed by atoms with van der Waals surface area (Å²) in [5.74, 6) is 0. The Morgan fingerprint density at radius 3 is 2.63 bits per heavy atom. The van der Waals surface area contributed by atoms with Crippen LogP contribution in [-0.4, -0.2) is 24.1 Å². The Hall–Kier alpha value is -1.62. The van der Waals surface area contributed by atoms with Gasteiger partial charge in [0.15, 0.2) is 0 Å². The highest BCUT2D eigenvalue weighted by Crippen LogP contribution is 2.31. The van der Waals surface area contributed by atoms with Crippen LogP contribution in [0.25, 0.3) is 0 Å². The molecule has 0 radical (unpaired) electrons. The van der Waals surface area contributed by atoms with Gasteiger partial charge in [0.05, 0.1) is 4.92 Å². The van der Waals surface area contributed by atoms with Gasteiger partial charge >= 0.3 is 0 Å². The molecule has 0 aliphatic carbocycles. The zero-order valence-corrected chi connectivity index (χ0v) is 11.3. The van der Waals surface area contributed by atoms with Crippen LogP contribution in [0.1, 0.15) is 31.7 Å². The minimum atomic E-state index is -0.283. The molecule has 1 unspecified atom stereocenters. The van der Waals surface area contributed by atoms with Gasteiger partial charge in [-0.1, -0.05) is 6.07 Å². The van der Waals surface area contributed by atoms with Crippen molar-refractivity contribution in [1.82, 2.24) is 0 Å². The van der Waals surface area contributed by atoms with E-state index in [1.54, 1.807) is 6.07 Å². The standard InChI is InChI=1S/C14H21N3O2/c1-11(15)9-12-5-6-13(14(10-12)17(18)19)16-7-3-2-4-8-16/h5-6,10-11H,2-4,7-9,15H2,1H3. The summed E-state index contributed by atoms with van der Waals surface area (Å²) in [7, 11) is 0. The van der Waals surface area contributed by atoms with Gasteiger partial charge in [-0.25, -0.2) is 0 Å². The number of hydrogen-bond acceptors (Lipinski definition) is 4. The number of benzene rings is 1. The van der Waals surface area contributed by atoms with Crippen LogP contribution in [0.4, 0.5) is 11.4 Å². The van der Waals surface area contributed by atoms with Gasteiger partial charge in [0.25, 0.3) is 5.69 Å². The summed E-state index contributed by atoms with van der Waals surface area (Å²) in [5.41, 5.74) is 7.64. The zero-order chi connectivity index (χ0) is 13.8. The Balaban J connectivity index is 2.29. The number of nitro groups is 1. The number of nitro benzene ring substituents is 1. The van der Waals surface area contributed by atoms with E-state index in [1.165, 1.54) is 6.42 Å². The number of nitrogens with zero attached hydrogens (tertiary/aromatic N) is 2. The molecule has 1 atom stereocenters. The predicted molar refractivity (Wildman–Crippen MR) is 76.5 cm³/mol. The Kier molecular flexibility index (Phi) is 4.37. The quantitative estimate of drug-likeness (QED) is 0.669. The molecule has 1 aliphatic heterocycles. The topological polar surface area (TPSA) is 72.4 Å². The fraction of sp³-hybridized carbons (Fsp3) is 0.571. The van der Waals surface area contributed by atoms with Gasteiger partial charge in [0.1, 0.15) is 5.69 Å². The van der Waals surface area contributed by atoms with E-state index in [9.17, 15) is 10.1 Å². The molecule has 104 valence electrons. The lowest BCUT2D eigenvalue weighted by molar-refractivity contribution is -0.384. The van der Waals surface area contributed by atoms with Crippen LogP contribution in [0, 0.1) is 10.1 Å². The van der Waals surface area contributed by atoms with Crippen LogP contribution in [0.5, 0.6) is 0 Å². The molecule has 1 aromatic rings. The lowest BCUT2D eigenvalue weighted by atomic mass is 10.0. The normalized spacial score (nSPS) is 17.3. The minimum Gasteiger partial charge on any atom is -0.366 e. The zero-order valence-electron chi connectivity index (χ0n) is 11.3. The first-order chi connectivity index (χ1) is 9.08. The fourth-order valence-corrected chi connectivity index (χ4v) is 2.62. The second-order valence-corrected chi connectivity index (χ2v) is 5.31. The molecule has 2 rings (SSSR count). The van der Waals surface area contributed by atoms with Crippen LogP contribution in [-0.2, 0) is 6.42 Å². The molecule has 1 aromatic carbocycles. The Bertz CT molecular complexity index is 454. The van der Waals surface area contributed by atoms with Crippen molar-refractivity contribution in [2.45, 2.75) is 38.6 Å². The largest absolute Gasteiger partial charge is 0.366 e. The molecule has 1 fully saturated rings. The van der Waals surface area contributed by atoms with Crippen molar-refractivity contribution < 1.29 is 4.92 Å². The highest BCUT2D eigenvalue weighted by atomic mass is 16.6. The van der Waals surface area contributed by atoms with Gasteiger partial charge in [-0.05, 0) is 44.2 Å². The molecule has 0 aromatic heterocycles. The molecule has 19 heavy (non-hydrogen) atoms. The number of piperidine rings is 1. The van der Waals surface area contributed by atoms with Crippen molar-refractivity contribution in [2.75, 3.05) is 18.0 Å². The second kappa shape index (κ2) is 6.02. The van der Waals surface area contributed by atoms with Crippen molar-refractivity contribution in [3.05, 3.63) is 33.9 Å². The van der Waals surface area contributed by atoms with E-state index >= 15 is 0 Å². The Labute approximate surface area is 113 Å². The van der Waals surface area contributed by atoms with Crippen molar-refractivity contribution >= 4 is 11.4 Å². The maximum absolute atomic E-state index is 11.3. The third kappa shape index (κ3) is 3.44. The summed E-state index contributed by atoms with van der Waals surface area (Å²) in [5, 5.41) is 11.3. The number of anilines is 1. The third-order valence-corrected chi connectivity index (χ3v) is 3.49. The van der Waals surface area contributed by atoms with E-state index in [0.29, 0.717) is 6.42 Å². The van der Waals surface area contributed by atoms with Crippen molar-refractivity contribution in [1.29, 1.82) is 0 Å². The molecule has 0 amide bonds. The summed E-state index contributed by atoms with van der Waals surface area (Å²) in [6.07, 6.45) is 4.10. The van der Waals surface area contributed by atoms with Crippen LogP contribution < -0.4 is 10.6 Å². The Morgan fingerprint density at radius 2 is 2.05 bits per heavy atom. The van der Waals surface area contributed by atoms with E-state index in [2.05, 4.69) is 4.90 Å². The average molecular weight is 263 g/mol. The van der Waals surface area contributed by atoms with Gasteiger partial charge < -0.3 is 10.6 Å². The van der Waals surface area contributed by atoms with Gasteiger partial charge in [-0.2, -0.15) is 0 Å². The lowest BCUT2D eigenvalue weighted by Gasteiger charge is -2.28. The van der Waals surface area contributed by atoms with E-state index in [-0.39, 0.29) is 16.7 Å². The number of rotatable bonds is 4. The molecule has 1 aliphatic rings. The maximum atomic E-state index is 11.3. The monoisotopic (exact) mass is 263 g/mol. The first kappa shape index (κ1) is 13.8. The van der Waals surface area contributed by atoms with Gasteiger partial charge in [0, 0.05) is 25.2 Å². The van der Waals surface area contributed by atoms with Crippen molar-refractivity contribution in [2.24, 2.45) is 5.73 Å². The summed E-state index contributed by atoms with van der Waals surface area (Å²) >= 11 is 0. The van der Waals surface area contributed by atoms with Crippen LogP contribution in [0.15, 0.2) is 18.2 Å². The second-order valence-electron chi connectivity index (χ2n) is 5.31. The predicted octanol–water partition coefficient (Wildman–Crippen LogP) is 2.47. The SMILES string of the molecule is CC(N)Cc1ccc(N2CCCCC2)c([N+](=O)[O-])c1. The van der Waals surface area contributed by atoms with Crippen molar-refractivity contribution in [3.63, 3.8) is 0 Å². The van der Waals surface area contributed by atoms with Crippen LogP contribution in [0.2, 0.25) is 0 Å². The summed E-state index contributed by atoms with van der Waals surface area (Å²) < 4.78 is 0. The molecular weight excluding hydrogens is 242 g/mol. The molecule has 5 heteroatoms. The molecule has 0 saturated carbocycles. The van der Waals surface area contributed by atoms with E-state index in [0.717, 1.165) is 37.2 Å². The summed E-state index contributed by atoms with van der Waals surface area (Å²) in [6, 6.07) is 5.52. The van der Waals surface area contributed by atoms with Crippen LogP contribution in [0.3, 0.4) is 0 Å². The van der Waals surface area contributed by atoms with Crippen LogP contribution >= 0.6 is 0 Å². The molecule has 2 N–H and O–H groups in total. The van der Waals surface area contributed by atoms with E-state index < -0.39 is 0 Å².